The Bertz CT molecular complexity index is 919. The number of piperidine rings is 1. The Balaban J connectivity index is 1.30. The second-order valence-corrected chi connectivity index (χ2v) is 7.06. The number of aromatic nitrogens is 3. The van der Waals surface area contributed by atoms with Crippen LogP contribution in [0.3, 0.4) is 0 Å². The summed E-state index contributed by atoms with van der Waals surface area (Å²) >= 11 is 0. The van der Waals surface area contributed by atoms with Crippen molar-refractivity contribution in [2.24, 2.45) is 4.99 Å². The van der Waals surface area contributed by atoms with E-state index in [0.717, 1.165) is 49.9 Å². The van der Waals surface area contributed by atoms with Gasteiger partial charge in [0.1, 0.15) is 5.82 Å². The van der Waals surface area contributed by atoms with Crippen LogP contribution >= 0.6 is 0 Å². The lowest BCUT2D eigenvalue weighted by Crippen LogP contribution is -2.51. The lowest BCUT2D eigenvalue weighted by Gasteiger charge is -2.35. The normalized spacial score (nSPS) is 17.7. The first-order valence-electron chi connectivity index (χ1n) is 9.89. The maximum Gasteiger partial charge on any atom is 0.191 e. The molecule has 2 N–H and O–H groups in total. The van der Waals surface area contributed by atoms with Crippen LogP contribution in [0.1, 0.15) is 18.7 Å². The third-order valence-electron chi connectivity index (χ3n) is 5.13. The SMILES string of the molecule is CN=C(NCCc1nnc2ccccn12)NC1CCCN(c2ccccc2)C1. The van der Waals surface area contributed by atoms with E-state index in [0.29, 0.717) is 6.04 Å². The van der Waals surface area contributed by atoms with Crippen LogP contribution in [0.2, 0.25) is 0 Å². The number of hydrogen-bond donors (Lipinski definition) is 2. The van der Waals surface area contributed by atoms with E-state index >= 15 is 0 Å². The van der Waals surface area contributed by atoms with E-state index in [9.17, 15) is 0 Å². The predicted molar refractivity (Wildman–Crippen MR) is 113 cm³/mol. The summed E-state index contributed by atoms with van der Waals surface area (Å²) < 4.78 is 2.02. The van der Waals surface area contributed by atoms with E-state index < -0.39 is 0 Å². The summed E-state index contributed by atoms with van der Waals surface area (Å²) in [5.41, 5.74) is 2.17. The highest BCUT2D eigenvalue weighted by Gasteiger charge is 2.20. The second kappa shape index (κ2) is 8.73. The second-order valence-electron chi connectivity index (χ2n) is 7.06. The third-order valence-corrected chi connectivity index (χ3v) is 5.13. The zero-order chi connectivity index (χ0) is 19.2. The lowest BCUT2D eigenvalue weighted by molar-refractivity contribution is 0.468. The minimum Gasteiger partial charge on any atom is -0.369 e. The molecule has 4 rings (SSSR count). The summed E-state index contributed by atoms with van der Waals surface area (Å²) in [4.78, 5) is 6.84. The molecule has 0 amide bonds. The monoisotopic (exact) mass is 377 g/mol. The van der Waals surface area contributed by atoms with Gasteiger partial charge < -0.3 is 15.5 Å². The first kappa shape index (κ1) is 18.3. The Morgan fingerprint density at radius 2 is 2.00 bits per heavy atom. The summed E-state index contributed by atoms with van der Waals surface area (Å²) in [5, 5.41) is 15.5. The molecule has 0 saturated carbocycles. The van der Waals surface area contributed by atoms with Crippen LogP contribution in [-0.2, 0) is 6.42 Å². The molecule has 0 aliphatic carbocycles. The van der Waals surface area contributed by atoms with E-state index in [1.807, 2.05) is 35.8 Å². The molecule has 0 bridgehead atoms. The zero-order valence-corrected chi connectivity index (χ0v) is 16.3. The van der Waals surface area contributed by atoms with Crippen molar-refractivity contribution in [3.63, 3.8) is 0 Å². The predicted octanol–water partition coefficient (Wildman–Crippen LogP) is 2.11. The Morgan fingerprint density at radius 3 is 2.86 bits per heavy atom. The summed E-state index contributed by atoms with van der Waals surface area (Å²) in [7, 11) is 1.82. The van der Waals surface area contributed by atoms with Gasteiger partial charge in [-0.3, -0.25) is 9.39 Å². The van der Waals surface area contributed by atoms with Gasteiger partial charge in [0.2, 0.25) is 0 Å². The molecular weight excluding hydrogens is 350 g/mol. The van der Waals surface area contributed by atoms with Gasteiger partial charge in [0.15, 0.2) is 11.6 Å². The molecule has 7 heteroatoms. The minimum atomic E-state index is 0.383. The molecule has 3 heterocycles. The summed E-state index contributed by atoms with van der Waals surface area (Å²) in [6.07, 6.45) is 5.11. The van der Waals surface area contributed by atoms with E-state index in [1.165, 1.54) is 12.1 Å². The first-order valence-corrected chi connectivity index (χ1v) is 9.89. The molecule has 1 unspecified atom stereocenters. The van der Waals surface area contributed by atoms with Gasteiger partial charge in [-0.2, -0.15) is 0 Å². The highest BCUT2D eigenvalue weighted by atomic mass is 15.3. The number of pyridine rings is 1. The van der Waals surface area contributed by atoms with Gasteiger partial charge in [0, 0.05) is 51.0 Å². The number of rotatable bonds is 5. The smallest absolute Gasteiger partial charge is 0.191 e. The number of fused-ring (bicyclic) bond motifs is 1. The van der Waals surface area contributed by atoms with Gasteiger partial charge in [-0.15, -0.1) is 10.2 Å². The number of para-hydroxylation sites is 1. The van der Waals surface area contributed by atoms with Crippen molar-refractivity contribution in [3.8, 4) is 0 Å². The van der Waals surface area contributed by atoms with Crippen molar-refractivity contribution in [1.82, 2.24) is 25.2 Å². The van der Waals surface area contributed by atoms with Crippen LogP contribution < -0.4 is 15.5 Å². The van der Waals surface area contributed by atoms with Crippen LogP contribution in [0.25, 0.3) is 5.65 Å². The first-order chi connectivity index (χ1) is 13.8. The van der Waals surface area contributed by atoms with Gasteiger partial charge in [-0.25, -0.2) is 0 Å². The summed E-state index contributed by atoms with van der Waals surface area (Å²) in [5.74, 6) is 1.79. The highest BCUT2D eigenvalue weighted by molar-refractivity contribution is 5.80. The maximum absolute atomic E-state index is 4.39. The van der Waals surface area contributed by atoms with Crippen LogP contribution in [0.15, 0.2) is 59.7 Å². The van der Waals surface area contributed by atoms with Gasteiger partial charge >= 0.3 is 0 Å². The molecule has 1 aliphatic heterocycles. The van der Waals surface area contributed by atoms with Gasteiger partial charge in [-0.05, 0) is 37.1 Å². The van der Waals surface area contributed by atoms with Gasteiger partial charge in [0.05, 0.1) is 0 Å². The minimum absolute atomic E-state index is 0.383. The Morgan fingerprint density at radius 1 is 1.14 bits per heavy atom. The fourth-order valence-corrected chi connectivity index (χ4v) is 3.71. The van der Waals surface area contributed by atoms with Crippen molar-refractivity contribution in [2.75, 3.05) is 31.6 Å². The van der Waals surface area contributed by atoms with Crippen molar-refractivity contribution >= 4 is 17.3 Å². The standard InChI is InChI=1S/C21H27N7/c1-22-21(23-13-12-20-26-25-19-11-5-6-15-28(19)20)24-17-8-7-14-27(16-17)18-9-3-2-4-10-18/h2-6,9-11,15,17H,7-8,12-14,16H2,1H3,(H2,22,23,24). The summed E-state index contributed by atoms with van der Waals surface area (Å²) in [6, 6.07) is 16.9. The largest absolute Gasteiger partial charge is 0.369 e. The topological polar surface area (TPSA) is 69.8 Å². The average Bonchev–Trinajstić information content (AvgIpc) is 3.17. The zero-order valence-electron chi connectivity index (χ0n) is 16.3. The number of aliphatic imine (C=N–C) groups is 1. The number of hydrogen-bond acceptors (Lipinski definition) is 4. The van der Waals surface area contributed by atoms with E-state index in [2.05, 4.69) is 61.1 Å². The molecular formula is C21H27N7. The molecule has 0 spiro atoms. The Labute approximate surface area is 165 Å². The molecule has 28 heavy (non-hydrogen) atoms. The van der Waals surface area contributed by atoms with E-state index in [-0.39, 0.29) is 0 Å². The molecule has 7 nitrogen and oxygen atoms in total. The molecule has 2 aromatic heterocycles. The number of benzene rings is 1. The fourth-order valence-electron chi connectivity index (χ4n) is 3.71. The van der Waals surface area contributed by atoms with Crippen LogP contribution in [-0.4, -0.2) is 53.3 Å². The molecule has 1 aromatic carbocycles. The van der Waals surface area contributed by atoms with Crippen LogP contribution in [0.5, 0.6) is 0 Å². The Kier molecular flexibility index (Phi) is 5.70. The molecule has 3 aromatic rings. The van der Waals surface area contributed by atoms with Crippen molar-refractivity contribution < 1.29 is 0 Å². The van der Waals surface area contributed by atoms with Gasteiger partial charge in [0.25, 0.3) is 0 Å². The van der Waals surface area contributed by atoms with Crippen molar-refractivity contribution in [1.29, 1.82) is 0 Å². The molecule has 0 radical (unpaired) electrons. The lowest BCUT2D eigenvalue weighted by atomic mass is 10.1. The third kappa shape index (κ3) is 4.24. The molecule has 1 aliphatic rings. The van der Waals surface area contributed by atoms with E-state index in [1.54, 1.807) is 0 Å². The number of nitrogens with zero attached hydrogens (tertiary/aromatic N) is 5. The van der Waals surface area contributed by atoms with Crippen molar-refractivity contribution in [3.05, 3.63) is 60.6 Å². The molecule has 1 saturated heterocycles. The number of nitrogens with one attached hydrogen (secondary N) is 2. The highest BCUT2D eigenvalue weighted by Crippen LogP contribution is 2.19. The number of anilines is 1. The van der Waals surface area contributed by atoms with E-state index in [4.69, 9.17) is 0 Å². The average molecular weight is 377 g/mol. The molecule has 1 atom stereocenters. The van der Waals surface area contributed by atoms with Crippen molar-refractivity contribution in [2.45, 2.75) is 25.3 Å². The van der Waals surface area contributed by atoms with Crippen LogP contribution in [0, 0.1) is 0 Å². The quantitative estimate of drug-likeness (QED) is 0.526. The van der Waals surface area contributed by atoms with Crippen LogP contribution in [0.4, 0.5) is 5.69 Å². The maximum atomic E-state index is 4.39. The number of guanidine groups is 1. The summed E-state index contributed by atoms with van der Waals surface area (Å²) in [6.45, 7) is 2.85. The molecule has 146 valence electrons. The molecule has 1 fully saturated rings. The Hall–Kier alpha value is -3.09. The van der Waals surface area contributed by atoms with Gasteiger partial charge in [-0.1, -0.05) is 24.3 Å². The fraction of sp³-hybridized carbons (Fsp3) is 0.381.